The molecule has 1 amide bonds. The Balaban J connectivity index is 1.99. The molecule has 0 unspecified atom stereocenters. The molecule has 0 saturated carbocycles. The highest BCUT2D eigenvalue weighted by Crippen LogP contribution is 2.23. The lowest BCUT2D eigenvalue weighted by Gasteiger charge is -2.24. The molecule has 2 aromatic carbocycles. The van der Waals surface area contributed by atoms with Crippen molar-refractivity contribution in [2.24, 2.45) is 0 Å². The average Bonchev–Trinajstić information content (AvgIpc) is 2.64. The molecule has 0 aliphatic heterocycles. The molecule has 0 spiro atoms. The third-order valence-corrected chi connectivity index (χ3v) is 6.04. The topological polar surface area (TPSA) is 66.5 Å². The second-order valence-electron chi connectivity index (χ2n) is 7.11. The lowest BCUT2D eigenvalue weighted by atomic mass is 9.99. The van der Waals surface area contributed by atoms with Crippen molar-refractivity contribution in [2.45, 2.75) is 46.1 Å². The first kappa shape index (κ1) is 22.0. The van der Waals surface area contributed by atoms with E-state index in [9.17, 15) is 13.2 Å². The lowest BCUT2D eigenvalue weighted by molar-refractivity contribution is -0.121. The van der Waals surface area contributed by atoms with Crippen LogP contribution >= 0.6 is 0 Å². The largest absolute Gasteiger partial charge is 0.349 e. The van der Waals surface area contributed by atoms with Crippen molar-refractivity contribution in [3.8, 4) is 0 Å². The maximum atomic E-state index is 12.5. The van der Waals surface area contributed by atoms with Gasteiger partial charge in [0.05, 0.1) is 18.0 Å². The number of nitrogens with zero attached hydrogens (tertiary/aromatic N) is 1. The summed E-state index contributed by atoms with van der Waals surface area (Å²) in [5.41, 5.74) is 3.83. The molecule has 0 saturated heterocycles. The van der Waals surface area contributed by atoms with Gasteiger partial charge in [0.2, 0.25) is 15.9 Å². The SMILES string of the molecule is CC[C@@H](NC(=O)CCCN(c1ccccc1C)S(C)(=O)=O)c1ccccc1C. The minimum atomic E-state index is -3.41. The predicted molar refractivity (Wildman–Crippen MR) is 115 cm³/mol. The van der Waals surface area contributed by atoms with Crippen molar-refractivity contribution < 1.29 is 13.2 Å². The van der Waals surface area contributed by atoms with Crippen LogP contribution in [0.2, 0.25) is 0 Å². The van der Waals surface area contributed by atoms with Crippen LogP contribution < -0.4 is 9.62 Å². The number of rotatable bonds is 9. The van der Waals surface area contributed by atoms with Crippen molar-refractivity contribution in [3.63, 3.8) is 0 Å². The molecule has 152 valence electrons. The first-order valence-corrected chi connectivity index (χ1v) is 11.5. The van der Waals surface area contributed by atoms with E-state index >= 15 is 0 Å². The van der Waals surface area contributed by atoms with Gasteiger partial charge in [-0.3, -0.25) is 9.10 Å². The number of hydrogen-bond acceptors (Lipinski definition) is 3. The summed E-state index contributed by atoms with van der Waals surface area (Å²) in [7, 11) is -3.41. The zero-order valence-corrected chi connectivity index (χ0v) is 17.9. The number of aryl methyl sites for hydroxylation is 2. The molecule has 0 fully saturated rings. The first-order chi connectivity index (χ1) is 13.2. The fourth-order valence-corrected chi connectivity index (χ4v) is 4.36. The zero-order valence-electron chi connectivity index (χ0n) is 17.1. The van der Waals surface area contributed by atoms with Gasteiger partial charge in [0.15, 0.2) is 0 Å². The predicted octanol–water partition coefficient (Wildman–Crippen LogP) is 4.12. The van der Waals surface area contributed by atoms with E-state index < -0.39 is 10.0 Å². The molecule has 2 rings (SSSR count). The molecule has 0 bridgehead atoms. The molecule has 6 heteroatoms. The zero-order chi connectivity index (χ0) is 20.7. The Hall–Kier alpha value is -2.34. The van der Waals surface area contributed by atoms with Gasteiger partial charge in [-0.1, -0.05) is 49.4 Å². The quantitative estimate of drug-likeness (QED) is 0.686. The van der Waals surface area contributed by atoms with E-state index in [1.165, 1.54) is 10.6 Å². The van der Waals surface area contributed by atoms with E-state index in [0.717, 1.165) is 23.1 Å². The lowest BCUT2D eigenvalue weighted by Crippen LogP contribution is -2.33. The summed E-state index contributed by atoms with van der Waals surface area (Å²) in [6.45, 7) is 6.24. The van der Waals surface area contributed by atoms with E-state index in [4.69, 9.17) is 0 Å². The van der Waals surface area contributed by atoms with Crippen LogP contribution in [0.25, 0.3) is 0 Å². The molecule has 28 heavy (non-hydrogen) atoms. The van der Waals surface area contributed by atoms with Crippen LogP contribution in [0.1, 0.15) is 48.9 Å². The molecule has 0 aliphatic rings. The summed E-state index contributed by atoms with van der Waals surface area (Å²) in [5, 5.41) is 3.08. The van der Waals surface area contributed by atoms with Gasteiger partial charge < -0.3 is 5.32 Å². The van der Waals surface area contributed by atoms with Crippen molar-refractivity contribution in [1.29, 1.82) is 0 Å². The smallest absolute Gasteiger partial charge is 0.232 e. The standard InChI is InChI=1S/C22H30N2O3S/c1-5-20(19-13-8-6-11-17(19)2)23-22(25)15-10-16-24(28(4,26)27)21-14-9-7-12-18(21)3/h6-9,11-14,20H,5,10,15-16H2,1-4H3,(H,23,25)/t20-/m1/s1. The van der Waals surface area contributed by atoms with E-state index in [2.05, 4.69) is 5.32 Å². The summed E-state index contributed by atoms with van der Waals surface area (Å²) < 4.78 is 25.8. The van der Waals surface area contributed by atoms with Gasteiger partial charge in [-0.15, -0.1) is 0 Å². The van der Waals surface area contributed by atoms with Crippen LogP contribution in [0.3, 0.4) is 0 Å². The number of amides is 1. The Bertz CT molecular complexity index is 910. The highest BCUT2D eigenvalue weighted by Gasteiger charge is 2.20. The Morgan fingerprint density at radius 1 is 1.04 bits per heavy atom. The van der Waals surface area contributed by atoms with Crippen LogP contribution in [0, 0.1) is 13.8 Å². The number of sulfonamides is 1. The molecule has 5 nitrogen and oxygen atoms in total. The summed E-state index contributed by atoms with van der Waals surface area (Å²) in [5.74, 6) is -0.0617. The fourth-order valence-electron chi connectivity index (χ4n) is 3.34. The molecule has 0 radical (unpaired) electrons. The summed E-state index contributed by atoms with van der Waals surface area (Å²) in [4.78, 5) is 12.5. The Labute approximate surface area is 168 Å². The Morgan fingerprint density at radius 2 is 1.64 bits per heavy atom. The third kappa shape index (κ3) is 5.83. The molecule has 2 aromatic rings. The van der Waals surface area contributed by atoms with Gasteiger partial charge in [-0.25, -0.2) is 8.42 Å². The molecule has 1 N–H and O–H groups in total. The van der Waals surface area contributed by atoms with Gasteiger partial charge in [0, 0.05) is 13.0 Å². The highest BCUT2D eigenvalue weighted by atomic mass is 32.2. The van der Waals surface area contributed by atoms with Crippen LogP contribution in [0.5, 0.6) is 0 Å². The Kier molecular flexibility index (Phi) is 7.63. The van der Waals surface area contributed by atoms with Crippen molar-refractivity contribution in [3.05, 3.63) is 65.2 Å². The molecular weight excluding hydrogens is 372 g/mol. The van der Waals surface area contributed by atoms with E-state index in [0.29, 0.717) is 12.1 Å². The van der Waals surface area contributed by atoms with Gasteiger partial charge in [-0.2, -0.15) is 0 Å². The van der Waals surface area contributed by atoms with Gasteiger partial charge in [0.1, 0.15) is 0 Å². The summed E-state index contributed by atoms with van der Waals surface area (Å²) in [6, 6.07) is 15.4. The molecule has 0 aliphatic carbocycles. The second-order valence-corrected chi connectivity index (χ2v) is 9.02. The van der Waals surface area contributed by atoms with Gasteiger partial charge in [-0.05, 0) is 49.4 Å². The first-order valence-electron chi connectivity index (χ1n) is 9.62. The molecular formula is C22H30N2O3S. The maximum Gasteiger partial charge on any atom is 0.232 e. The van der Waals surface area contributed by atoms with Gasteiger partial charge in [0.25, 0.3) is 0 Å². The highest BCUT2D eigenvalue weighted by molar-refractivity contribution is 7.92. The van der Waals surface area contributed by atoms with Crippen LogP contribution in [-0.2, 0) is 14.8 Å². The van der Waals surface area contributed by atoms with Crippen LogP contribution in [-0.4, -0.2) is 27.1 Å². The Morgan fingerprint density at radius 3 is 2.21 bits per heavy atom. The minimum Gasteiger partial charge on any atom is -0.349 e. The summed E-state index contributed by atoms with van der Waals surface area (Å²) in [6.07, 6.45) is 2.73. The van der Waals surface area contributed by atoms with E-state index in [1.54, 1.807) is 6.07 Å². The van der Waals surface area contributed by atoms with Crippen molar-refractivity contribution in [2.75, 3.05) is 17.1 Å². The van der Waals surface area contributed by atoms with Gasteiger partial charge >= 0.3 is 0 Å². The number of nitrogens with one attached hydrogen (secondary N) is 1. The average molecular weight is 403 g/mol. The van der Waals surface area contributed by atoms with Crippen LogP contribution in [0.4, 0.5) is 5.69 Å². The second kappa shape index (κ2) is 9.73. The summed E-state index contributed by atoms with van der Waals surface area (Å²) >= 11 is 0. The number of carbonyl (C=O) groups is 1. The number of anilines is 1. The molecule has 0 heterocycles. The number of benzene rings is 2. The van der Waals surface area contributed by atoms with Crippen molar-refractivity contribution >= 4 is 21.6 Å². The molecule has 0 aromatic heterocycles. The minimum absolute atomic E-state index is 0.0314. The van der Waals surface area contributed by atoms with E-state index in [-0.39, 0.29) is 24.9 Å². The monoisotopic (exact) mass is 402 g/mol. The van der Waals surface area contributed by atoms with Crippen LogP contribution in [0.15, 0.2) is 48.5 Å². The normalized spacial score (nSPS) is 12.4. The third-order valence-electron chi connectivity index (χ3n) is 4.86. The number of hydrogen-bond donors (Lipinski definition) is 1. The fraction of sp³-hybridized carbons (Fsp3) is 0.409. The van der Waals surface area contributed by atoms with E-state index in [1.807, 2.05) is 63.2 Å². The number of carbonyl (C=O) groups excluding carboxylic acids is 1. The molecule has 1 atom stereocenters. The van der Waals surface area contributed by atoms with Crippen molar-refractivity contribution in [1.82, 2.24) is 5.32 Å². The maximum absolute atomic E-state index is 12.5. The number of para-hydroxylation sites is 1.